The Labute approximate surface area is 139 Å². The molecule has 0 heterocycles. The van der Waals surface area contributed by atoms with Crippen molar-refractivity contribution in [1.29, 1.82) is 0 Å². The van der Waals surface area contributed by atoms with Crippen molar-refractivity contribution in [3.63, 3.8) is 0 Å². The zero-order valence-electron chi connectivity index (χ0n) is 13.2. The third-order valence-corrected chi connectivity index (χ3v) is 3.62. The summed E-state index contributed by atoms with van der Waals surface area (Å²) in [5, 5.41) is 23.9. The number of nitrogens with one attached hydrogen (secondary N) is 1. The van der Waals surface area contributed by atoms with Gasteiger partial charge in [0, 0.05) is 23.8 Å². The van der Waals surface area contributed by atoms with E-state index in [1.54, 1.807) is 18.3 Å². The van der Waals surface area contributed by atoms with E-state index in [0.717, 1.165) is 16.3 Å². The van der Waals surface area contributed by atoms with Crippen LogP contribution in [0.15, 0.2) is 41.5 Å². The first-order valence-electron chi connectivity index (χ1n) is 7.82. The number of fused-ring (bicyclic) bond motifs is 1. The highest BCUT2D eigenvalue weighted by Gasteiger charge is 2.04. The van der Waals surface area contributed by atoms with Gasteiger partial charge in [-0.15, -0.1) is 0 Å². The number of benzene rings is 2. The molecule has 0 saturated carbocycles. The molecule has 1 amide bonds. The first kappa shape index (κ1) is 17.5. The van der Waals surface area contributed by atoms with Gasteiger partial charge in [0.2, 0.25) is 5.91 Å². The van der Waals surface area contributed by atoms with Gasteiger partial charge in [-0.2, -0.15) is 5.10 Å². The van der Waals surface area contributed by atoms with E-state index < -0.39 is 5.97 Å². The fraction of sp³-hybridized carbons (Fsp3) is 0.278. The molecule has 0 bridgehead atoms. The van der Waals surface area contributed by atoms with Gasteiger partial charge < -0.3 is 10.2 Å². The number of hydrazone groups is 1. The van der Waals surface area contributed by atoms with Crippen LogP contribution in [0.1, 0.15) is 37.7 Å². The topological polar surface area (TPSA) is 99.0 Å². The Morgan fingerprint density at radius 2 is 1.71 bits per heavy atom. The second-order valence-electron chi connectivity index (χ2n) is 5.47. The average molecular weight is 328 g/mol. The molecule has 0 atom stereocenters. The number of aliphatic carboxylic acids is 1. The molecule has 2 aromatic rings. The Hall–Kier alpha value is -2.89. The number of rotatable bonds is 8. The summed E-state index contributed by atoms with van der Waals surface area (Å²) in [5.74, 6) is -0.817. The zero-order valence-corrected chi connectivity index (χ0v) is 13.2. The van der Waals surface area contributed by atoms with E-state index in [9.17, 15) is 14.7 Å². The number of aromatic hydroxyl groups is 1. The molecule has 2 rings (SSSR count). The fourth-order valence-electron chi connectivity index (χ4n) is 2.39. The highest BCUT2D eigenvalue weighted by molar-refractivity contribution is 6.02. The molecule has 24 heavy (non-hydrogen) atoms. The average Bonchev–Trinajstić information content (AvgIpc) is 2.56. The monoisotopic (exact) mass is 328 g/mol. The van der Waals surface area contributed by atoms with E-state index >= 15 is 0 Å². The molecule has 126 valence electrons. The molecule has 2 aromatic carbocycles. The van der Waals surface area contributed by atoms with E-state index in [1.807, 2.05) is 24.3 Å². The second kappa shape index (κ2) is 8.67. The van der Waals surface area contributed by atoms with Gasteiger partial charge in [0.05, 0.1) is 6.21 Å². The first-order chi connectivity index (χ1) is 11.6. The minimum absolute atomic E-state index is 0.133. The van der Waals surface area contributed by atoms with Crippen LogP contribution < -0.4 is 5.43 Å². The van der Waals surface area contributed by atoms with Crippen molar-refractivity contribution in [1.82, 2.24) is 5.43 Å². The van der Waals surface area contributed by atoms with Gasteiger partial charge in [0.15, 0.2) is 0 Å². The van der Waals surface area contributed by atoms with Crippen LogP contribution in [0.4, 0.5) is 0 Å². The summed E-state index contributed by atoms with van der Waals surface area (Å²) in [5.41, 5.74) is 3.26. The predicted octanol–water partition coefficient (Wildman–Crippen LogP) is 3.03. The predicted molar refractivity (Wildman–Crippen MR) is 92.1 cm³/mol. The van der Waals surface area contributed by atoms with Crippen molar-refractivity contribution in [3.8, 4) is 5.75 Å². The Bertz CT molecular complexity index is 756. The number of phenolic OH excluding ortho intramolecular Hbond substituents is 1. The summed E-state index contributed by atoms with van der Waals surface area (Å²) in [7, 11) is 0. The summed E-state index contributed by atoms with van der Waals surface area (Å²) >= 11 is 0. The Kier molecular flexibility index (Phi) is 6.31. The second-order valence-corrected chi connectivity index (χ2v) is 5.47. The van der Waals surface area contributed by atoms with Crippen molar-refractivity contribution < 1.29 is 19.8 Å². The van der Waals surface area contributed by atoms with Crippen LogP contribution in [0.2, 0.25) is 0 Å². The number of carboxylic acid groups (broad SMARTS) is 1. The van der Waals surface area contributed by atoms with Crippen molar-refractivity contribution in [3.05, 3.63) is 42.0 Å². The number of unbranched alkanes of at least 4 members (excludes halogenated alkanes) is 2. The Balaban J connectivity index is 1.85. The molecule has 0 spiro atoms. The van der Waals surface area contributed by atoms with Gasteiger partial charge in [-0.1, -0.05) is 30.7 Å². The normalized spacial score (nSPS) is 11.0. The number of hydrogen-bond acceptors (Lipinski definition) is 4. The summed E-state index contributed by atoms with van der Waals surface area (Å²) in [4.78, 5) is 22.0. The van der Waals surface area contributed by atoms with Crippen molar-refractivity contribution in [2.75, 3.05) is 0 Å². The van der Waals surface area contributed by atoms with Crippen LogP contribution in [0.25, 0.3) is 10.8 Å². The summed E-state index contributed by atoms with van der Waals surface area (Å²) in [6.07, 6.45) is 3.90. The van der Waals surface area contributed by atoms with Crippen LogP contribution in [-0.2, 0) is 9.59 Å². The lowest BCUT2D eigenvalue weighted by Crippen LogP contribution is -2.16. The Morgan fingerprint density at radius 1 is 1.00 bits per heavy atom. The quantitative estimate of drug-likeness (QED) is 0.394. The highest BCUT2D eigenvalue weighted by Crippen LogP contribution is 2.26. The standard InChI is InChI=1S/C18H20N2O4/c21-16-11-10-13(14-6-4-5-7-15(14)16)12-19-20-17(22)8-2-1-3-9-18(23)24/h4-7,10-12,21H,1-3,8-9H2,(H,20,22)(H,23,24)/b19-12+. The van der Waals surface area contributed by atoms with Crippen LogP contribution in [0.3, 0.4) is 0 Å². The van der Waals surface area contributed by atoms with Gasteiger partial charge in [0.25, 0.3) is 0 Å². The largest absolute Gasteiger partial charge is 0.507 e. The van der Waals surface area contributed by atoms with Crippen molar-refractivity contribution >= 4 is 28.9 Å². The molecule has 0 aromatic heterocycles. The molecular weight excluding hydrogens is 308 g/mol. The molecule has 6 nitrogen and oxygen atoms in total. The third-order valence-electron chi connectivity index (χ3n) is 3.62. The molecule has 3 N–H and O–H groups in total. The molecule has 0 aliphatic carbocycles. The Morgan fingerprint density at radius 3 is 2.46 bits per heavy atom. The summed E-state index contributed by atoms with van der Waals surface area (Å²) < 4.78 is 0. The van der Waals surface area contributed by atoms with E-state index in [0.29, 0.717) is 25.7 Å². The number of hydrogen-bond donors (Lipinski definition) is 3. The lowest BCUT2D eigenvalue weighted by atomic mass is 10.0. The van der Waals surface area contributed by atoms with E-state index in [1.165, 1.54) is 0 Å². The molecule has 0 fully saturated rings. The smallest absolute Gasteiger partial charge is 0.303 e. The molecule has 0 saturated heterocycles. The van der Waals surface area contributed by atoms with Gasteiger partial charge in [-0.05, 0) is 30.4 Å². The number of nitrogens with zero attached hydrogens (tertiary/aromatic N) is 1. The third kappa shape index (κ3) is 5.08. The van der Waals surface area contributed by atoms with Crippen molar-refractivity contribution in [2.24, 2.45) is 5.10 Å². The SMILES string of the molecule is O=C(O)CCCCCC(=O)N/N=C/c1ccc(O)c2ccccc12. The van der Waals surface area contributed by atoms with E-state index in [2.05, 4.69) is 10.5 Å². The van der Waals surface area contributed by atoms with E-state index in [-0.39, 0.29) is 18.1 Å². The molecule has 0 aliphatic rings. The maximum atomic E-state index is 11.7. The highest BCUT2D eigenvalue weighted by atomic mass is 16.4. The fourth-order valence-corrected chi connectivity index (χ4v) is 2.39. The van der Waals surface area contributed by atoms with Gasteiger partial charge >= 0.3 is 5.97 Å². The lowest BCUT2D eigenvalue weighted by molar-refractivity contribution is -0.137. The maximum absolute atomic E-state index is 11.7. The molecule has 0 radical (unpaired) electrons. The molecule has 0 unspecified atom stereocenters. The number of amides is 1. The van der Waals surface area contributed by atoms with Crippen LogP contribution in [0, 0.1) is 0 Å². The number of phenols is 1. The molecular formula is C18H20N2O4. The van der Waals surface area contributed by atoms with Crippen molar-refractivity contribution in [2.45, 2.75) is 32.1 Å². The van der Waals surface area contributed by atoms with Gasteiger partial charge in [-0.3, -0.25) is 9.59 Å². The van der Waals surface area contributed by atoms with E-state index in [4.69, 9.17) is 5.11 Å². The summed E-state index contributed by atoms with van der Waals surface area (Å²) in [6.45, 7) is 0. The lowest BCUT2D eigenvalue weighted by Gasteiger charge is -2.04. The number of carboxylic acids is 1. The summed E-state index contributed by atoms with van der Waals surface area (Å²) in [6, 6.07) is 10.7. The maximum Gasteiger partial charge on any atom is 0.303 e. The molecule has 0 aliphatic heterocycles. The van der Waals surface area contributed by atoms with Gasteiger partial charge in [-0.25, -0.2) is 5.43 Å². The first-order valence-corrected chi connectivity index (χ1v) is 7.82. The van der Waals surface area contributed by atoms with Gasteiger partial charge in [0.1, 0.15) is 5.75 Å². The molecule has 6 heteroatoms. The zero-order chi connectivity index (χ0) is 17.4. The van der Waals surface area contributed by atoms with Crippen LogP contribution in [0.5, 0.6) is 5.75 Å². The van der Waals surface area contributed by atoms with Crippen LogP contribution >= 0.6 is 0 Å². The number of carbonyl (C=O) groups is 2. The number of carbonyl (C=O) groups excluding carboxylic acids is 1. The minimum atomic E-state index is -0.815. The van der Waals surface area contributed by atoms with Crippen LogP contribution in [-0.4, -0.2) is 28.3 Å². The minimum Gasteiger partial charge on any atom is -0.507 e.